The standard InChI is InChI=1S/C12H14N2O2/c1-7-4-3-5-8(2)11(7)13-9-6-10(15)14-12(9)16/h3-5,9,13H,6H2,1-2H3,(H,14,15,16). The summed E-state index contributed by atoms with van der Waals surface area (Å²) in [6.45, 7) is 3.95. The quantitative estimate of drug-likeness (QED) is 0.732. The molecule has 1 aromatic rings. The molecule has 1 aliphatic heterocycles. The normalized spacial score (nSPS) is 19.8. The maximum Gasteiger partial charge on any atom is 0.249 e. The summed E-state index contributed by atoms with van der Waals surface area (Å²) in [4.78, 5) is 22.5. The minimum atomic E-state index is -0.438. The van der Waals surface area contributed by atoms with Crippen LogP contribution in [-0.4, -0.2) is 17.9 Å². The Bertz CT molecular complexity index is 434. The second kappa shape index (κ2) is 3.96. The lowest BCUT2D eigenvalue weighted by molar-refractivity contribution is -0.124. The van der Waals surface area contributed by atoms with Gasteiger partial charge in [0.05, 0.1) is 6.42 Å². The number of hydrogen-bond acceptors (Lipinski definition) is 3. The first kappa shape index (κ1) is 10.7. The Balaban J connectivity index is 2.21. The fourth-order valence-electron chi connectivity index (χ4n) is 1.89. The van der Waals surface area contributed by atoms with Crippen LogP contribution in [0.5, 0.6) is 0 Å². The van der Waals surface area contributed by atoms with E-state index in [2.05, 4.69) is 10.6 Å². The van der Waals surface area contributed by atoms with Gasteiger partial charge in [-0.2, -0.15) is 0 Å². The van der Waals surface area contributed by atoms with Gasteiger partial charge in [0.2, 0.25) is 11.8 Å². The summed E-state index contributed by atoms with van der Waals surface area (Å²) in [5.41, 5.74) is 3.09. The van der Waals surface area contributed by atoms with Crippen LogP contribution in [0.25, 0.3) is 0 Å². The van der Waals surface area contributed by atoms with Gasteiger partial charge in [-0.1, -0.05) is 18.2 Å². The molecule has 1 fully saturated rings. The van der Waals surface area contributed by atoms with Gasteiger partial charge >= 0.3 is 0 Å². The second-order valence-electron chi connectivity index (χ2n) is 4.08. The fraction of sp³-hybridized carbons (Fsp3) is 0.333. The summed E-state index contributed by atoms with van der Waals surface area (Å²) in [6.07, 6.45) is 0.215. The van der Waals surface area contributed by atoms with Gasteiger partial charge in [0.15, 0.2) is 0 Å². The molecule has 16 heavy (non-hydrogen) atoms. The van der Waals surface area contributed by atoms with E-state index in [9.17, 15) is 9.59 Å². The second-order valence-corrected chi connectivity index (χ2v) is 4.08. The lowest BCUT2D eigenvalue weighted by Gasteiger charge is -2.15. The van der Waals surface area contributed by atoms with Gasteiger partial charge in [0.25, 0.3) is 0 Å². The van der Waals surface area contributed by atoms with E-state index in [1.807, 2.05) is 32.0 Å². The van der Waals surface area contributed by atoms with Crippen molar-refractivity contribution in [1.29, 1.82) is 0 Å². The summed E-state index contributed by atoms with van der Waals surface area (Å²) in [5, 5.41) is 5.41. The van der Waals surface area contributed by atoms with E-state index in [0.29, 0.717) is 0 Å². The average molecular weight is 218 g/mol. The molecule has 0 bridgehead atoms. The minimum absolute atomic E-state index is 0.214. The Labute approximate surface area is 94.0 Å². The number of aryl methyl sites for hydroxylation is 2. The summed E-state index contributed by atoms with van der Waals surface area (Å²) in [5.74, 6) is -0.457. The maximum absolute atomic E-state index is 11.4. The molecular weight excluding hydrogens is 204 g/mol. The predicted octanol–water partition coefficient (Wildman–Crippen LogP) is 1.13. The monoisotopic (exact) mass is 218 g/mol. The highest BCUT2D eigenvalue weighted by Gasteiger charge is 2.30. The molecule has 0 radical (unpaired) electrons. The molecular formula is C12H14N2O2. The Morgan fingerprint density at radius 1 is 1.25 bits per heavy atom. The highest BCUT2D eigenvalue weighted by Crippen LogP contribution is 2.21. The van der Waals surface area contributed by atoms with Crippen LogP contribution in [0.2, 0.25) is 0 Å². The number of nitrogens with one attached hydrogen (secondary N) is 2. The van der Waals surface area contributed by atoms with Crippen molar-refractivity contribution in [2.75, 3.05) is 5.32 Å². The van der Waals surface area contributed by atoms with Crippen LogP contribution >= 0.6 is 0 Å². The summed E-state index contributed by atoms with van der Waals surface area (Å²) in [7, 11) is 0. The molecule has 1 aromatic carbocycles. The zero-order valence-corrected chi connectivity index (χ0v) is 9.33. The smallest absolute Gasteiger partial charge is 0.249 e. The van der Waals surface area contributed by atoms with Gasteiger partial charge in [-0.05, 0) is 25.0 Å². The van der Waals surface area contributed by atoms with Crippen molar-refractivity contribution in [3.05, 3.63) is 29.3 Å². The number of amides is 2. The molecule has 1 unspecified atom stereocenters. The summed E-state index contributed by atoms with van der Waals surface area (Å²) in [6, 6.07) is 5.48. The number of benzene rings is 1. The largest absolute Gasteiger partial charge is 0.373 e. The molecule has 84 valence electrons. The third-order valence-corrected chi connectivity index (χ3v) is 2.77. The number of imide groups is 1. The predicted molar refractivity (Wildman–Crippen MR) is 61.1 cm³/mol. The van der Waals surface area contributed by atoms with Crippen LogP contribution < -0.4 is 10.6 Å². The Morgan fingerprint density at radius 2 is 1.88 bits per heavy atom. The Kier molecular flexibility index (Phi) is 2.64. The molecule has 0 spiro atoms. The molecule has 0 aromatic heterocycles. The molecule has 4 heteroatoms. The summed E-state index contributed by atoms with van der Waals surface area (Å²) >= 11 is 0. The van der Waals surface area contributed by atoms with Crippen molar-refractivity contribution >= 4 is 17.5 Å². The molecule has 0 saturated carbocycles. The van der Waals surface area contributed by atoms with Crippen LogP contribution in [0.1, 0.15) is 17.5 Å². The van der Waals surface area contributed by atoms with E-state index in [4.69, 9.17) is 0 Å². The van der Waals surface area contributed by atoms with Crippen LogP contribution in [0, 0.1) is 13.8 Å². The first-order valence-corrected chi connectivity index (χ1v) is 5.24. The van der Waals surface area contributed by atoms with Gasteiger partial charge < -0.3 is 5.32 Å². The number of para-hydroxylation sites is 1. The SMILES string of the molecule is Cc1cccc(C)c1NC1CC(=O)NC1=O. The lowest BCUT2D eigenvalue weighted by Crippen LogP contribution is -2.30. The van der Waals surface area contributed by atoms with Crippen LogP contribution in [0.15, 0.2) is 18.2 Å². The molecule has 2 amide bonds. The molecule has 1 atom stereocenters. The van der Waals surface area contributed by atoms with Crippen molar-refractivity contribution in [2.45, 2.75) is 26.3 Å². The van der Waals surface area contributed by atoms with Gasteiger partial charge in [0, 0.05) is 5.69 Å². The van der Waals surface area contributed by atoms with Gasteiger partial charge in [-0.3, -0.25) is 14.9 Å². The van der Waals surface area contributed by atoms with E-state index in [1.165, 1.54) is 0 Å². The zero-order valence-electron chi connectivity index (χ0n) is 9.33. The molecule has 1 aliphatic rings. The molecule has 1 heterocycles. The number of hydrogen-bond donors (Lipinski definition) is 2. The van der Waals surface area contributed by atoms with E-state index in [-0.39, 0.29) is 18.2 Å². The average Bonchev–Trinajstić information content (AvgIpc) is 2.51. The van der Waals surface area contributed by atoms with Crippen molar-refractivity contribution in [1.82, 2.24) is 5.32 Å². The van der Waals surface area contributed by atoms with E-state index < -0.39 is 6.04 Å². The first-order valence-electron chi connectivity index (χ1n) is 5.24. The first-order chi connectivity index (χ1) is 7.58. The number of anilines is 1. The number of rotatable bonds is 2. The third-order valence-electron chi connectivity index (χ3n) is 2.77. The molecule has 4 nitrogen and oxygen atoms in total. The van der Waals surface area contributed by atoms with Crippen molar-refractivity contribution in [3.8, 4) is 0 Å². The van der Waals surface area contributed by atoms with Crippen LogP contribution in [-0.2, 0) is 9.59 Å². The van der Waals surface area contributed by atoms with Gasteiger partial charge in [0.1, 0.15) is 6.04 Å². The molecule has 2 rings (SSSR count). The molecule has 0 aliphatic carbocycles. The van der Waals surface area contributed by atoms with Crippen LogP contribution in [0.4, 0.5) is 5.69 Å². The number of carbonyl (C=O) groups is 2. The lowest BCUT2D eigenvalue weighted by atomic mass is 10.1. The Morgan fingerprint density at radius 3 is 2.38 bits per heavy atom. The van der Waals surface area contributed by atoms with E-state index in [0.717, 1.165) is 16.8 Å². The summed E-state index contributed by atoms with van der Waals surface area (Å²) < 4.78 is 0. The number of carbonyl (C=O) groups excluding carboxylic acids is 2. The van der Waals surface area contributed by atoms with Gasteiger partial charge in [-0.15, -0.1) is 0 Å². The topological polar surface area (TPSA) is 58.2 Å². The van der Waals surface area contributed by atoms with Crippen LogP contribution in [0.3, 0.4) is 0 Å². The third kappa shape index (κ3) is 1.91. The highest BCUT2D eigenvalue weighted by molar-refractivity contribution is 6.06. The van der Waals surface area contributed by atoms with Crippen molar-refractivity contribution < 1.29 is 9.59 Å². The van der Waals surface area contributed by atoms with E-state index >= 15 is 0 Å². The van der Waals surface area contributed by atoms with Crippen molar-refractivity contribution in [3.63, 3.8) is 0 Å². The molecule has 1 saturated heterocycles. The maximum atomic E-state index is 11.4. The minimum Gasteiger partial charge on any atom is -0.373 e. The van der Waals surface area contributed by atoms with E-state index in [1.54, 1.807) is 0 Å². The Hall–Kier alpha value is -1.84. The molecule has 2 N–H and O–H groups in total. The van der Waals surface area contributed by atoms with Crippen molar-refractivity contribution in [2.24, 2.45) is 0 Å². The zero-order chi connectivity index (χ0) is 11.7. The highest BCUT2D eigenvalue weighted by atomic mass is 16.2. The van der Waals surface area contributed by atoms with Gasteiger partial charge in [-0.25, -0.2) is 0 Å². The fourth-order valence-corrected chi connectivity index (χ4v) is 1.89.